The Hall–Kier alpha value is -2.08. The minimum Gasteiger partial charge on any atom is -0.381 e. The van der Waals surface area contributed by atoms with Crippen molar-refractivity contribution in [2.45, 2.75) is 6.10 Å². The quantitative estimate of drug-likeness (QED) is 0.724. The van der Waals surface area contributed by atoms with E-state index in [2.05, 4.69) is 5.16 Å². The molecule has 4 rings (SSSR count). The smallest absolute Gasteiger partial charge is 0.278 e. The molecule has 0 bridgehead atoms. The Morgan fingerprint density at radius 2 is 1.60 bits per heavy atom. The summed E-state index contributed by atoms with van der Waals surface area (Å²) in [6.45, 7) is 0. The third-order valence-corrected chi connectivity index (χ3v) is 4.90. The highest BCUT2D eigenvalue weighted by Gasteiger charge is 2.56. The maximum atomic E-state index is 12.9. The second-order valence-corrected chi connectivity index (χ2v) is 6.87. The molecule has 0 aromatic heterocycles. The Morgan fingerprint density at radius 3 is 2.28 bits per heavy atom. The van der Waals surface area contributed by atoms with Crippen LogP contribution in [0.15, 0.2) is 47.6 Å². The fourth-order valence-electron chi connectivity index (χ4n) is 2.94. The van der Waals surface area contributed by atoms with Crippen LogP contribution >= 0.6 is 34.8 Å². The first-order chi connectivity index (χ1) is 12.0. The zero-order valence-electron chi connectivity index (χ0n) is 12.4. The molecule has 2 aliphatic heterocycles. The minimum atomic E-state index is -0.995. The number of amides is 2. The highest BCUT2D eigenvalue weighted by molar-refractivity contribution is 6.39. The number of carbonyl (C=O) groups excluding carboxylic acids is 2. The molecular weight excluding hydrogens is 387 g/mol. The van der Waals surface area contributed by atoms with E-state index in [9.17, 15) is 9.59 Å². The Kier molecular flexibility index (Phi) is 3.95. The van der Waals surface area contributed by atoms with Gasteiger partial charge in [0.2, 0.25) is 12.0 Å². The molecule has 126 valence electrons. The summed E-state index contributed by atoms with van der Waals surface area (Å²) in [7, 11) is 0. The molecule has 2 aromatic carbocycles. The van der Waals surface area contributed by atoms with Gasteiger partial charge in [0.15, 0.2) is 0 Å². The van der Waals surface area contributed by atoms with E-state index >= 15 is 0 Å². The number of carbonyl (C=O) groups is 2. The van der Waals surface area contributed by atoms with Gasteiger partial charge in [0, 0.05) is 15.6 Å². The van der Waals surface area contributed by atoms with Crippen LogP contribution < -0.4 is 4.90 Å². The van der Waals surface area contributed by atoms with Crippen molar-refractivity contribution >= 4 is 58.0 Å². The van der Waals surface area contributed by atoms with Crippen molar-refractivity contribution < 1.29 is 14.4 Å². The molecule has 0 unspecified atom stereocenters. The number of fused-ring (bicyclic) bond motifs is 1. The highest BCUT2D eigenvalue weighted by Crippen LogP contribution is 2.37. The summed E-state index contributed by atoms with van der Waals surface area (Å²) in [5, 5.41) is 5.23. The summed E-state index contributed by atoms with van der Waals surface area (Å²) in [6.07, 6.45) is -0.995. The van der Waals surface area contributed by atoms with Crippen LogP contribution in [0.1, 0.15) is 5.56 Å². The third-order valence-electron chi connectivity index (χ3n) is 4.10. The normalized spacial score (nSPS) is 22.0. The first-order valence-corrected chi connectivity index (χ1v) is 8.43. The average Bonchev–Trinajstić information content (AvgIpc) is 3.10. The largest absolute Gasteiger partial charge is 0.381 e. The van der Waals surface area contributed by atoms with Crippen molar-refractivity contribution in [3.8, 4) is 0 Å². The van der Waals surface area contributed by atoms with E-state index in [-0.39, 0.29) is 0 Å². The monoisotopic (exact) mass is 394 g/mol. The van der Waals surface area contributed by atoms with E-state index in [0.717, 1.165) is 4.90 Å². The van der Waals surface area contributed by atoms with Crippen LogP contribution in [0, 0.1) is 5.92 Å². The fraction of sp³-hybridized carbons (Fsp3) is 0.118. The Morgan fingerprint density at radius 1 is 0.920 bits per heavy atom. The van der Waals surface area contributed by atoms with Gasteiger partial charge in [-0.15, -0.1) is 0 Å². The van der Waals surface area contributed by atoms with E-state index in [0.29, 0.717) is 32.0 Å². The maximum Gasteiger partial charge on any atom is 0.278 e. The van der Waals surface area contributed by atoms with Crippen molar-refractivity contribution in [1.29, 1.82) is 0 Å². The zero-order valence-corrected chi connectivity index (χ0v) is 14.7. The standard InChI is InChI=1S/C17H9Cl3N2O3/c18-8-1-4-10(5-2-8)22-16(23)13-14(21-25-15(13)17(22)24)11-6-3-9(19)7-12(11)20/h1-7,13,15H/t13-,15+/m0/s1. The van der Waals surface area contributed by atoms with Crippen LogP contribution in [0.3, 0.4) is 0 Å². The summed E-state index contributed by atoms with van der Waals surface area (Å²) in [5.41, 5.74) is 1.26. The number of hydrogen-bond donors (Lipinski definition) is 0. The van der Waals surface area contributed by atoms with Crippen LogP contribution in [0.5, 0.6) is 0 Å². The van der Waals surface area contributed by atoms with Crippen LogP contribution in [0.2, 0.25) is 15.1 Å². The van der Waals surface area contributed by atoms with Gasteiger partial charge in [-0.2, -0.15) is 0 Å². The van der Waals surface area contributed by atoms with Gasteiger partial charge in [-0.1, -0.05) is 46.0 Å². The number of hydrogen-bond acceptors (Lipinski definition) is 4. The lowest BCUT2D eigenvalue weighted by molar-refractivity contribution is -0.126. The number of oxime groups is 1. The summed E-state index contributed by atoms with van der Waals surface area (Å²) < 4.78 is 0. The number of nitrogens with zero attached hydrogens (tertiary/aromatic N) is 2. The average molecular weight is 396 g/mol. The summed E-state index contributed by atoms with van der Waals surface area (Å²) >= 11 is 18.0. The molecule has 2 heterocycles. The first-order valence-electron chi connectivity index (χ1n) is 7.30. The SMILES string of the molecule is O=C1[C@H]2C(c3ccc(Cl)cc3Cl)=NO[C@H]2C(=O)N1c1ccc(Cl)cc1. The Balaban J connectivity index is 1.72. The molecule has 25 heavy (non-hydrogen) atoms. The molecule has 0 N–H and O–H groups in total. The van der Waals surface area contributed by atoms with Crippen molar-refractivity contribution in [3.63, 3.8) is 0 Å². The summed E-state index contributed by atoms with van der Waals surface area (Å²) in [6, 6.07) is 11.3. The van der Waals surface area contributed by atoms with Crippen LogP contribution in [-0.4, -0.2) is 23.6 Å². The lowest BCUT2D eigenvalue weighted by atomic mass is 9.94. The van der Waals surface area contributed by atoms with Gasteiger partial charge < -0.3 is 4.84 Å². The molecule has 2 atom stereocenters. The zero-order chi connectivity index (χ0) is 17.7. The molecule has 2 aliphatic rings. The van der Waals surface area contributed by atoms with Crippen molar-refractivity contribution in [2.24, 2.45) is 11.1 Å². The predicted octanol–water partition coefficient (Wildman–Crippen LogP) is 3.94. The molecule has 0 saturated carbocycles. The van der Waals surface area contributed by atoms with Gasteiger partial charge in [-0.3, -0.25) is 9.59 Å². The van der Waals surface area contributed by atoms with E-state index in [1.165, 1.54) is 0 Å². The van der Waals surface area contributed by atoms with Gasteiger partial charge >= 0.3 is 0 Å². The van der Waals surface area contributed by atoms with Crippen molar-refractivity contribution in [1.82, 2.24) is 0 Å². The van der Waals surface area contributed by atoms with Gasteiger partial charge in [-0.05, 0) is 36.4 Å². The third kappa shape index (κ3) is 2.59. The second kappa shape index (κ2) is 6.02. The minimum absolute atomic E-state index is 0.321. The lowest BCUT2D eigenvalue weighted by Crippen LogP contribution is -2.33. The summed E-state index contributed by atoms with van der Waals surface area (Å²) in [4.78, 5) is 31.8. The number of rotatable bonds is 2. The molecular formula is C17H9Cl3N2O3. The molecule has 2 aromatic rings. The van der Waals surface area contributed by atoms with Crippen LogP contribution in [0.4, 0.5) is 5.69 Å². The number of halogens is 3. The van der Waals surface area contributed by atoms with E-state index in [1.807, 2.05) is 0 Å². The molecule has 5 nitrogen and oxygen atoms in total. The number of benzene rings is 2. The van der Waals surface area contributed by atoms with Crippen LogP contribution in [0.25, 0.3) is 0 Å². The van der Waals surface area contributed by atoms with Crippen LogP contribution in [-0.2, 0) is 14.4 Å². The number of imide groups is 1. The summed E-state index contributed by atoms with van der Waals surface area (Å²) in [5.74, 6) is -1.73. The molecule has 1 fully saturated rings. The second-order valence-electron chi connectivity index (χ2n) is 5.59. The number of anilines is 1. The van der Waals surface area contributed by atoms with E-state index in [1.54, 1.807) is 42.5 Å². The molecule has 2 amide bonds. The Bertz CT molecular complexity index is 927. The molecule has 0 radical (unpaired) electrons. The molecule has 1 saturated heterocycles. The van der Waals surface area contributed by atoms with Gasteiger partial charge in [-0.25, -0.2) is 4.90 Å². The highest BCUT2D eigenvalue weighted by atomic mass is 35.5. The Labute approximate surface area is 157 Å². The maximum absolute atomic E-state index is 12.9. The first kappa shape index (κ1) is 16.4. The van der Waals surface area contributed by atoms with E-state index < -0.39 is 23.8 Å². The lowest BCUT2D eigenvalue weighted by Gasteiger charge is -2.15. The molecule has 0 spiro atoms. The van der Waals surface area contributed by atoms with Crippen molar-refractivity contribution in [2.75, 3.05) is 4.90 Å². The van der Waals surface area contributed by atoms with E-state index in [4.69, 9.17) is 39.6 Å². The molecule has 8 heteroatoms. The molecule has 0 aliphatic carbocycles. The topological polar surface area (TPSA) is 59.0 Å². The fourth-order valence-corrected chi connectivity index (χ4v) is 3.57. The van der Waals surface area contributed by atoms with Gasteiger partial charge in [0.05, 0.1) is 10.7 Å². The van der Waals surface area contributed by atoms with Gasteiger partial charge in [0.25, 0.3) is 5.91 Å². The van der Waals surface area contributed by atoms with Crippen molar-refractivity contribution in [3.05, 3.63) is 63.1 Å². The predicted molar refractivity (Wildman–Crippen MR) is 95.3 cm³/mol. The van der Waals surface area contributed by atoms with Gasteiger partial charge in [0.1, 0.15) is 11.6 Å².